The predicted octanol–water partition coefficient (Wildman–Crippen LogP) is 5.90. The highest BCUT2D eigenvalue weighted by Gasteiger charge is 2.44. The normalized spacial score (nSPS) is 17.2. The van der Waals surface area contributed by atoms with Gasteiger partial charge in [-0.1, -0.05) is 118 Å². The van der Waals surface area contributed by atoms with Gasteiger partial charge < -0.3 is 61.0 Å². The van der Waals surface area contributed by atoms with Gasteiger partial charge in [0.25, 0.3) is 11.8 Å². The molecule has 12 atom stereocenters. The highest BCUT2D eigenvalue weighted by molar-refractivity contribution is 6.12. The Balaban J connectivity index is 1.35. The molecule has 0 saturated carbocycles. The van der Waals surface area contributed by atoms with Gasteiger partial charge in [0.05, 0.1) is 36.6 Å². The number of likely N-dealkylation sites (N-methyl/N-ethyl adjacent to an activating group) is 2. The van der Waals surface area contributed by atoms with Crippen molar-refractivity contribution in [2.24, 2.45) is 29.6 Å². The molecule has 2 aliphatic heterocycles. The quantitative estimate of drug-likeness (QED) is 0.0302. The number of methoxy groups -OCH3 is 2. The molecule has 97 heavy (non-hydrogen) atoms. The second-order valence-electron chi connectivity index (χ2n) is 26.9. The van der Waals surface area contributed by atoms with Crippen LogP contribution in [0.25, 0.3) is 0 Å². The number of nitrogens with one attached hydrogen (secondary N) is 6. The number of carboxylic acid groups (broad SMARTS) is 1. The fourth-order valence-corrected chi connectivity index (χ4v) is 12.4. The van der Waals surface area contributed by atoms with Gasteiger partial charge in [-0.05, 0) is 106 Å². The first-order chi connectivity index (χ1) is 45.8. The minimum Gasteiger partial charge on any atom is -0.481 e. The third-order valence-electron chi connectivity index (χ3n) is 18.0. The Morgan fingerprint density at radius 1 is 0.670 bits per heavy atom. The molecule has 4 rings (SSSR count). The van der Waals surface area contributed by atoms with E-state index in [1.165, 1.54) is 45.4 Å². The number of ether oxygens (including phenoxy) is 3. The Bertz CT molecular complexity index is 3000. The van der Waals surface area contributed by atoms with Crippen molar-refractivity contribution >= 4 is 76.8 Å². The Labute approximate surface area is 572 Å². The van der Waals surface area contributed by atoms with Gasteiger partial charge in [0.2, 0.25) is 47.3 Å². The van der Waals surface area contributed by atoms with Crippen LogP contribution in [0.4, 0.5) is 10.5 Å². The number of imide groups is 1. The number of carbonyl (C=O) groups is 12. The zero-order valence-corrected chi connectivity index (χ0v) is 59.5. The smallest absolute Gasteiger partial charge is 0.410 e. The van der Waals surface area contributed by atoms with E-state index >= 15 is 0 Å². The van der Waals surface area contributed by atoms with Crippen LogP contribution in [0, 0.1) is 29.6 Å². The lowest BCUT2D eigenvalue weighted by Gasteiger charge is -2.41. The number of hydrogen-bond acceptors (Lipinski definition) is 15. The van der Waals surface area contributed by atoms with E-state index in [1.807, 2.05) is 71.9 Å². The van der Waals surface area contributed by atoms with Gasteiger partial charge in [-0.15, -0.1) is 0 Å². The van der Waals surface area contributed by atoms with Gasteiger partial charge in [0.15, 0.2) is 0 Å². The van der Waals surface area contributed by atoms with Gasteiger partial charge >= 0.3 is 12.1 Å². The fourth-order valence-electron chi connectivity index (χ4n) is 12.4. The lowest BCUT2D eigenvalue weighted by Crippen LogP contribution is -2.60. The number of carbonyl (C=O) groups excluding carboxylic acids is 11. The fraction of sp³-hybridized carbons (Fsp3) is 0.634. The molecule has 26 heteroatoms. The first kappa shape index (κ1) is 81.2. The molecule has 26 nitrogen and oxygen atoms in total. The molecule has 0 unspecified atom stereocenters. The summed E-state index contributed by atoms with van der Waals surface area (Å²) in [6.07, 6.45) is 3.78. The summed E-state index contributed by atoms with van der Waals surface area (Å²) in [7, 11) is 6.12. The summed E-state index contributed by atoms with van der Waals surface area (Å²) < 4.78 is 17.8. The van der Waals surface area contributed by atoms with Gasteiger partial charge in [-0.3, -0.25) is 62.5 Å². The lowest BCUT2D eigenvalue weighted by molar-refractivity contribution is -0.148. The zero-order valence-electron chi connectivity index (χ0n) is 59.5. The van der Waals surface area contributed by atoms with E-state index in [0.29, 0.717) is 57.1 Å². The van der Waals surface area contributed by atoms with Crippen molar-refractivity contribution in [3.8, 4) is 0 Å². The Morgan fingerprint density at radius 2 is 1.32 bits per heavy atom. The van der Waals surface area contributed by atoms with Crippen molar-refractivity contribution in [2.75, 3.05) is 46.7 Å². The van der Waals surface area contributed by atoms with Crippen LogP contribution in [-0.2, 0) is 80.0 Å². The monoisotopic (exact) mass is 1360 g/mol. The summed E-state index contributed by atoms with van der Waals surface area (Å²) in [5.74, 6) is -7.64. The highest BCUT2D eigenvalue weighted by atomic mass is 16.6. The third-order valence-corrected chi connectivity index (χ3v) is 18.0. The average Bonchev–Trinajstić information content (AvgIpc) is 1.80. The molecule has 0 radical (unpaired) electrons. The summed E-state index contributed by atoms with van der Waals surface area (Å²) in [6, 6.07) is 9.17. The summed E-state index contributed by atoms with van der Waals surface area (Å²) in [6.45, 7) is 20.4. The molecule has 1 saturated heterocycles. The Hall–Kier alpha value is -8.26. The molecule has 538 valence electrons. The van der Waals surface area contributed by atoms with Gasteiger partial charge in [-0.25, -0.2) is 4.79 Å². The van der Waals surface area contributed by atoms with E-state index in [4.69, 9.17) is 14.2 Å². The Morgan fingerprint density at radius 3 is 1.90 bits per heavy atom. The second kappa shape index (κ2) is 39.8. The molecular formula is C71H108N10O16. The minimum atomic E-state index is -1.36. The number of anilines is 1. The first-order valence-electron chi connectivity index (χ1n) is 34.0. The third kappa shape index (κ3) is 25.0. The maximum absolute atomic E-state index is 14.8. The van der Waals surface area contributed by atoms with E-state index in [-0.39, 0.29) is 92.1 Å². The number of hydrogen-bond donors (Lipinski definition) is 7. The summed E-state index contributed by atoms with van der Waals surface area (Å²) in [5, 5.41) is 26.1. The van der Waals surface area contributed by atoms with E-state index < -0.39 is 120 Å². The summed E-state index contributed by atoms with van der Waals surface area (Å²) in [5.41, 5.74) is 1.83. The van der Waals surface area contributed by atoms with Crippen LogP contribution in [0.5, 0.6) is 0 Å². The Kier molecular flexibility index (Phi) is 33.3. The standard InChI is InChI=1S/C71H108N10O16/c1-16-45(8)63(55(95-14)40-59(85)80-37-23-26-54(80)64(96-15)47(10)65(88)72-46(9)39-49-24-19-17-20-25-49)78(12)70(93)61(43(4)5)77-69(92)62(44(6)7)79(13)71(94)97-41-50-28-30-51(31-29-50)74-67(90)52(32-35-60(86)87)76-66(89)48(11)73-68(91)53(38-42(2)3)75-56(82)27-21-18-22-36-81-57(83)33-34-58(81)84/h17,19-20,24-25,28-31,33-34,42-48,52-55,61-64H,16,18,21-23,26-27,32,35-41H2,1-15H3,(H,72,88)(H,73,91)(H,74,90)(H,75,82)(H,76,89)(H,77,92)(H,86,87)/t45-,46+,47+,48-,52-,53+,54-,55+,61-,62-,63-,64+/m0/s1. The van der Waals surface area contributed by atoms with Crippen molar-refractivity contribution in [1.82, 2.24) is 46.2 Å². The number of benzene rings is 2. The molecule has 0 spiro atoms. The average molecular weight is 1360 g/mol. The number of carboxylic acids is 1. The van der Waals surface area contributed by atoms with E-state index in [9.17, 15) is 62.6 Å². The van der Waals surface area contributed by atoms with E-state index in [0.717, 1.165) is 15.4 Å². The number of aliphatic carboxylic acids is 1. The van der Waals surface area contributed by atoms with Gasteiger partial charge in [0.1, 0.15) is 36.8 Å². The first-order valence-corrected chi connectivity index (χ1v) is 34.0. The predicted molar refractivity (Wildman–Crippen MR) is 364 cm³/mol. The molecule has 2 aromatic carbocycles. The molecule has 2 aromatic rings. The number of nitrogens with zero attached hydrogens (tertiary/aromatic N) is 4. The number of amides is 11. The summed E-state index contributed by atoms with van der Waals surface area (Å²) >= 11 is 0. The molecule has 11 amide bonds. The zero-order chi connectivity index (χ0) is 72.4. The van der Waals surface area contributed by atoms with Crippen LogP contribution in [0.1, 0.15) is 158 Å². The summed E-state index contributed by atoms with van der Waals surface area (Å²) in [4.78, 5) is 166. The largest absolute Gasteiger partial charge is 0.481 e. The topological polar surface area (TPSA) is 338 Å². The van der Waals surface area contributed by atoms with Crippen LogP contribution in [0.15, 0.2) is 66.7 Å². The van der Waals surface area contributed by atoms with Crippen LogP contribution in [-0.4, -0.2) is 198 Å². The van der Waals surface area contributed by atoms with Crippen molar-refractivity contribution in [3.63, 3.8) is 0 Å². The second-order valence-corrected chi connectivity index (χ2v) is 26.9. The molecular weight excluding hydrogens is 1250 g/mol. The number of rotatable bonds is 40. The van der Waals surface area contributed by atoms with Gasteiger partial charge in [0, 0.05) is 78.1 Å². The molecule has 2 aliphatic rings. The molecule has 0 aromatic heterocycles. The van der Waals surface area contributed by atoms with Crippen molar-refractivity contribution in [2.45, 2.75) is 220 Å². The van der Waals surface area contributed by atoms with Crippen LogP contribution >= 0.6 is 0 Å². The van der Waals surface area contributed by atoms with E-state index in [2.05, 4.69) is 31.9 Å². The van der Waals surface area contributed by atoms with Crippen molar-refractivity contribution in [1.29, 1.82) is 0 Å². The maximum Gasteiger partial charge on any atom is 0.410 e. The van der Waals surface area contributed by atoms with Crippen molar-refractivity contribution in [3.05, 3.63) is 77.9 Å². The molecule has 2 heterocycles. The maximum atomic E-state index is 14.8. The SMILES string of the molecule is CC[C@H](C)[C@@H]([C@@H](CC(=O)N1CCC[C@H]1[C@H](OC)[C@@H](C)C(=O)N[C@H](C)Cc1ccccc1)OC)N(C)C(=O)[C@@H](NC(=O)[C@H](C(C)C)N(C)C(=O)OCc1ccc(NC(=O)[C@H](CCC(=O)O)NC(=O)[C@H](C)NC(=O)[C@@H](CC(C)C)NC(=O)CCCCCN2C(=O)C=CC2=O)cc1)C(C)C. The molecule has 7 N–H and O–H groups in total. The minimum absolute atomic E-state index is 0.0363. The van der Waals surface area contributed by atoms with Crippen LogP contribution in [0.3, 0.4) is 0 Å². The lowest BCUT2D eigenvalue weighted by atomic mass is 9.89. The van der Waals surface area contributed by atoms with Gasteiger partial charge in [-0.2, -0.15) is 0 Å². The molecule has 0 aliphatic carbocycles. The molecule has 0 bridgehead atoms. The van der Waals surface area contributed by atoms with E-state index in [1.54, 1.807) is 63.8 Å². The van der Waals surface area contributed by atoms with Crippen molar-refractivity contribution < 1.29 is 76.9 Å². The highest BCUT2D eigenvalue weighted by Crippen LogP contribution is 2.30. The number of likely N-dealkylation sites (tertiary alicyclic amines) is 1. The van der Waals surface area contributed by atoms with Crippen LogP contribution in [0.2, 0.25) is 0 Å². The number of unbranched alkanes of at least 4 members (excludes halogenated alkanes) is 2. The molecule has 1 fully saturated rings. The van der Waals surface area contributed by atoms with Crippen LogP contribution < -0.4 is 31.9 Å².